The molecule has 5 unspecified atom stereocenters. The van der Waals surface area contributed by atoms with Crippen LogP contribution in [-0.2, 0) is 32.0 Å². The van der Waals surface area contributed by atoms with Crippen LogP contribution in [0.5, 0.6) is 0 Å². The van der Waals surface area contributed by atoms with Gasteiger partial charge in [0.1, 0.15) is 18.1 Å². The van der Waals surface area contributed by atoms with E-state index in [-0.39, 0.29) is 25.2 Å². The van der Waals surface area contributed by atoms with Crippen molar-refractivity contribution in [2.45, 2.75) is 76.5 Å². The van der Waals surface area contributed by atoms with E-state index in [0.717, 1.165) is 16.5 Å². The molecule has 2 aromatic heterocycles. The minimum Gasteiger partial charge on any atom is -0.480 e. The first-order chi connectivity index (χ1) is 20.1. The van der Waals surface area contributed by atoms with E-state index >= 15 is 0 Å². The van der Waals surface area contributed by atoms with Crippen molar-refractivity contribution in [1.29, 1.82) is 0 Å². The second kappa shape index (κ2) is 15.7. The number of fused-ring (bicyclic) bond motifs is 1. The van der Waals surface area contributed by atoms with Gasteiger partial charge in [-0.05, 0) is 43.4 Å². The van der Waals surface area contributed by atoms with Gasteiger partial charge in [0.2, 0.25) is 17.7 Å². The minimum absolute atomic E-state index is 0.125. The fourth-order valence-corrected chi connectivity index (χ4v) is 4.71. The Kier molecular flexibility index (Phi) is 12.1. The molecule has 13 heteroatoms. The van der Waals surface area contributed by atoms with Crippen LogP contribution >= 0.6 is 0 Å². The van der Waals surface area contributed by atoms with Crippen LogP contribution in [0.25, 0.3) is 10.9 Å². The molecule has 0 fully saturated rings. The Morgan fingerprint density at radius 2 is 1.69 bits per heavy atom. The van der Waals surface area contributed by atoms with Crippen molar-refractivity contribution >= 4 is 34.6 Å². The van der Waals surface area contributed by atoms with E-state index < -0.39 is 47.9 Å². The lowest BCUT2D eigenvalue weighted by molar-refractivity contribution is -0.144. The number of aromatic amines is 2. The van der Waals surface area contributed by atoms with Crippen LogP contribution in [0.3, 0.4) is 0 Å². The fraction of sp³-hybridized carbons (Fsp3) is 0.483. The lowest BCUT2D eigenvalue weighted by atomic mass is 9.98. The maximum atomic E-state index is 13.7. The molecular formula is C29H42N8O5. The monoisotopic (exact) mass is 582 g/mol. The highest BCUT2D eigenvalue weighted by atomic mass is 16.4. The molecular weight excluding hydrogens is 540 g/mol. The van der Waals surface area contributed by atoms with E-state index in [1.807, 2.05) is 31.2 Å². The summed E-state index contributed by atoms with van der Waals surface area (Å²) in [5.41, 5.74) is 14.1. The number of hydrogen-bond acceptors (Lipinski definition) is 7. The molecule has 0 radical (unpaired) electrons. The number of H-pyrrole nitrogens is 2. The number of carboxylic acid groups (broad SMARTS) is 1. The van der Waals surface area contributed by atoms with Gasteiger partial charge >= 0.3 is 5.97 Å². The number of benzene rings is 1. The summed E-state index contributed by atoms with van der Waals surface area (Å²) in [7, 11) is 0. The van der Waals surface area contributed by atoms with Gasteiger partial charge in [-0.15, -0.1) is 0 Å². The first-order valence-corrected chi connectivity index (χ1v) is 14.3. The molecule has 228 valence electrons. The molecule has 3 rings (SSSR count). The third-order valence-electron chi connectivity index (χ3n) is 7.42. The van der Waals surface area contributed by atoms with E-state index in [1.54, 1.807) is 19.3 Å². The van der Waals surface area contributed by atoms with Crippen molar-refractivity contribution in [3.8, 4) is 0 Å². The van der Waals surface area contributed by atoms with Crippen molar-refractivity contribution < 1.29 is 24.3 Å². The van der Waals surface area contributed by atoms with Gasteiger partial charge < -0.3 is 42.5 Å². The van der Waals surface area contributed by atoms with E-state index in [2.05, 4.69) is 30.9 Å². The van der Waals surface area contributed by atoms with Gasteiger partial charge in [-0.25, -0.2) is 9.78 Å². The quantitative estimate of drug-likeness (QED) is 0.106. The van der Waals surface area contributed by atoms with Crippen molar-refractivity contribution in [3.63, 3.8) is 0 Å². The second-order valence-electron chi connectivity index (χ2n) is 10.6. The Morgan fingerprint density at radius 3 is 2.36 bits per heavy atom. The SMILES string of the molecule is CCC(C)C(NC(=O)C(CCCCN)NC(=O)C(Cc1c[nH]c2ccccc12)NC(=O)C(N)Cc1cnc[nH]1)C(=O)O. The van der Waals surface area contributed by atoms with E-state index in [0.29, 0.717) is 31.5 Å². The number of unbranched alkanes of at least 4 members (excludes halogenated alkanes) is 1. The minimum atomic E-state index is -1.15. The number of para-hydroxylation sites is 1. The maximum absolute atomic E-state index is 13.7. The predicted molar refractivity (Wildman–Crippen MR) is 158 cm³/mol. The largest absolute Gasteiger partial charge is 0.480 e. The van der Waals surface area contributed by atoms with Crippen LogP contribution in [0.2, 0.25) is 0 Å². The Balaban J connectivity index is 1.83. The van der Waals surface area contributed by atoms with Gasteiger partial charge in [-0.3, -0.25) is 14.4 Å². The molecule has 5 atom stereocenters. The number of nitrogens with two attached hydrogens (primary N) is 2. The summed E-state index contributed by atoms with van der Waals surface area (Å²) in [5, 5.41) is 18.7. The Labute approximate surface area is 244 Å². The number of carbonyl (C=O) groups is 4. The summed E-state index contributed by atoms with van der Waals surface area (Å²) in [4.78, 5) is 62.0. The van der Waals surface area contributed by atoms with Crippen molar-refractivity contribution in [1.82, 2.24) is 30.9 Å². The molecule has 2 heterocycles. The van der Waals surface area contributed by atoms with Crippen molar-refractivity contribution in [2.24, 2.45) is 17.4 Å². The number of amides is 3. The Morgan fingerprint density at radius 1 is 0.976 bits per heavy atom. The molecule has 3 amide bonds. The van der Waals surface area contributed by atoms with Crippen LogP contribution in [0.15, 0.2) is 43.0 Å². The molecule has 0 aliphatic carbocycles. The summed E-state index contributed by atoms with van der Waals surface area (Å²) in [6.07, 6.45) is 7.07. The number of aliphatic carboxylic acids is 1. The van der Waals surface area contributed by atoms with E-state index in [9.17, 15) is 24.3 Å². The highest BCUT2D eigenvalue weighted by Gasteiger charge is 2.32. The summed E-state index contributed by atoms with van der Waals surface area (Å²) >= 11 is 0. The van der Waals surface area contributed by atoms with Crippen LogP contribution in [0.1, 0.15) is 50.8 Å². The summed E-state index contributed by atoms with van der Waals surface area (Å²) in [6, 6.07) is 3.40. The van der Waals surface area contributed by atoms with Gasteiger partial charge in [0, 0.05) is 41.8 Å². The number of nitrogens with one attached hydrogen (secondary N) is 5. The molecule has 0 saturated carbocycles. The number of hydrogen-bond donors (Lipinski definition) is 8. The average Bonchev–Trinajstić information content (AvgIpc) is 3.64. The average molecular weight is 583 g/mol. The maximum Gasteiger partial charge on any atom is 0.326 e. The van der Waals surface area contributed by atoms with Crippen LogP contribution < -0.4 is 27.4 Å². The summed E-state index contributed by atoms with van der Waals surface area (Å²) in [6.45, 7) is 3.98. The molecule has 1 aromatic carbocycles. The van der Waals surface area contributed by atoms with E-state index in [4.69, 9.17) is 11.5 Å². The molecule has 13 nitrogen and oxygen atoms in total. The second-order valence-corrected chi connectivity index (χ2v) is 10.6. The molecule has 10 N–H and O–H groups in total. The zero-order valence-corrected chi connectivity index (χ0v) is 24.1. The third kappa shape index (κ3) is 8.88. The normalized spacial score (nSPS) is 14.9. The molecule has 3 aromatic rings. The van der Waals surface area contributed by atoms with E-state index in [1.165, 1.54) is 6.33 Å². The van der Waals surface area contributed by atoms with Crippen molar-refractivity contribution in [2.75, 3.05) is 6.54 Å². The van der Waals surface area contributed by atoms with Gasteiger partial charge in [-0.2, -0.15) is 0 Å². The fourth-order valence-electron chi connectivity index (χ4n) is 4.71. The first-order valence-electron chi connectivity index (χ1n) is 14.3. The number of rotatable bonds is 17. The number of carbonyl (C=O) groups excluding carboxylic acids is 3. The van der Waals surface area contributed by atoms with Crippen LogP contribution in [-0.4, -0.2) is 74.5 Å². The highest BCUT2D eigenvalue weighted by molar-refractivity contribution is 5.95. The zero-order valence-electron chi connectivity index (χ0n) is 24.1. The predicted octanol–water partition coefficient (Wildman–Crippen LogP) is 0.718. The number of imidazole rings is 1. The summed E-state index contributed by atoms with van der Waals surface area (Å²) < 4.78 is 0. The molecule has 0 aliphatic rings. The summed E-state index contributed by atoms with van der Waals surface area (Å²) in [5.74, 6) is -3.22. The first kappa shape index (κ1) is 32.3. The standard InChI is InChI=1S/C29H42N8O5/c1-3-17(2)25(29(41)42)37-27(39)23(10-6-7-11-30)35-28(40)24(12-18-14-33-22-9-5-4-8-20(18)22)36-26(38)21(31)13-19-15-32-16-34-19/h4-5,8-9,14-17,21,23-25,33H,3,6-7,10-13,30-31H2,1-2H3,(H,32,34)(H,35,40)(H,36,38)(H,37,39)(H,41,42). The number of aromatic nitrogens is 3. The number of nitrogens with zero attached hydrogens (tertiary/aromatic N) is 1. The number of carboxylic acids is 1. The van der Waals surface area contributed by atoms with Gasteiger partial charge in [0.25, 0.3) is 0 Å². The Bertz CT molecular complexity index is 1320. The topological polar surface area (TPSA) is 221 Å². The molecule has 0 saturated heterocycles. The molecule has 42 heavy (non-hydrogen) atoms. The van der Waals surface area contributed by atoms with Crippen molar-refractivity contribution in [3.05, 3.63) is 54.2 Å². The third-order valence-corrected chi connectivity index (χ3v) is 7.42. The Hall–Kier alpha value is -4.23. The van der Waals surface area contributed by atoms with Gasteiger partial charge in [0.15, 0.2) is 0 Å². The van der Waals surface area contributed by atoms with Crippen LogP contribution in [0, 0.1) is 5.92 Å². The molecule has 0 aliphatic heterocycles. The molecule has 0 spiro atoms. The van der Waals surface area contributed by atoms with Crippen LogP contribution in [0.4, 0.5) is 0 Å². The smallest absolute Gasteiger partial charge is 0.326 e. The highest BCUT2D eigenvalue weighted by Crippen LogP contribution is 2.19. The van der Waals surface area contributed by atoms with Gasteiger partial charge in [0.05, 0.1) is 12.4 Å². The zero-order chi connectivity index (χ0) is 30.6. The lowest BCUT2D eigenvalue weighted by Gasteiger charge is -2.26. The molecule has 0 bridgehead atoms. The lowest BCUT2D eigenvalue weighted by Crippen LogP contribution is -2.58. The van der Waals surface area contributed by atoms with Gasteiger partial charge in [-0.1, -0.05) is 38.5 Å².